The second kappa shape index (κ2) is 4.69. The summed E-state index contributed by atoms with van der Waals surface area (Å²) in [6.07, 6.45) is 0. The molecule has 0 aliphatic rings. The van der Waals surface area contributed by atoms with E-state index in [1.807, 2.05) is 17.5 Å². The van der Waals surface area contributed by atoms with Gasteiger partial charge in [-0.3, -0.25) is 4.79 Å². The average Bonchev–Trinajstić information content (AvgIpc) is 2.67. The number of benzene rings is 1. The maximum atomic E-state index is 12.2. The molecule has 0 bridgehead atoms. The highest BCUT2D eigenvalue weighted by atomic mass is 79.9. The van der Waals surface area contributed by atoms with E-state index in [4.69, 9.17) is 5.73 Å². The summed E-state index contributed by atoms with van der Waals surface area (Å²) in [5, 5.41) is 1.87. The Morgan fingerprint density at radius 3 is 2.62 bits per heavy atom. The summed E-state index contributed by atoms with van der Waals surface area (Å²) in [6.45, 7) is 0. The molecule has 0 atom stereocenters. The number of halogens is 2. The minimum Gasteiger partial charge on any atom is -0.398 e. The van der Waals surface area contributed by atoms with Crippen LogP contribution in [0.5, 0.6) is 0 Å². The second-order valence-electron chi connectivity index (χ2n) is 3.16. The largest absolute Gasteiger partial charge is 0.398 e. The van der Waals surface area contributed by atoms with Crippen molar-refractivity contribution in [3.8, 4) is 0 Å². The van der Waals surface area contributed by atoms with Gasteiger partial charge in [-0.15, -0.1) is 11.3 Å². The van der Waals surface area contributed by atoms with Crippen LogP contribution in [0.25, 0.3) is 0 Å². The van der Waals surface area contributed by atoms with E-state index < -0.39 is 0 Å². The predicted molar refractivity (Wildman–Crippen MR) is 74.0 cm³/mol. The third-order valence-electron chi connectivity index (χ3n) is 2.08. The van der Waals surface area contributed by atoms with Gasteiger partial charge in [-0.1, -0.05) is 15.9 Å². The highest BCUT2D eigenvalue weighted by Gasteiger charge is 2.16. The minimum absolute atomic E-state index is 0.0549. The first kappa shape index (κ1) is 11.8. The van der Waals surface area contributed by atoms with Crippen LogP contribution in [-0.4, -0.2) is 5.78 Å². The Labute approximate surface area is 114 Å². The summed E-state index contributed by atoms with van der Waals surface area (Å²) in [7, 11) is 0. The Balaban J connectivity index is 2.49. The van der Waals surface area contributed by atoms with E-state index in [-0.39, 0.29) is 5.78 Å². The molecule has 0 fully saturated rings. The van der Waals surface area contributed by atoms with Gasteiger partial charge in [0.05, 0.1) is 4.88 Å². The van der Waals surface area contributed by atoms with Gasteiger partial charge in [0, 0.05) is 20.2 Å². The van der Waals surface area contributed by atoms with Crippen molar-refractivity contribution in [3.63, 3.8) is 0 Å². The monoisotopic (exact) mass is 359 g/mol. The van der Waals surface area contributed by atoms with Gasteiger partial charge in [-0.05, 0) is 45.6 Å². The van der Waals surface area contributed by atoms with Crippen molar-refractivity contribution in [2.24, 2.45) is 0 Å². The van der Waals surface area contributed by atoms with Gasteiger partial charge >= 0.3 is 0 Å². The zero-order valence-electron chi connectivity index (χ0n) is 8.04. The maximum absolute atomic E-state index is 12.2. The lowest BCUT2D eigenvalue weighted by molar-refractivity contribution is 0.104. The quantitative estimate of drug-likeness (QED) is 0.647. The molecule has 2 aromatic rings. The Kier molecular flexibility index (Phi) is 3.47. The molecule has 82 valence electrons. The third kappa shape index (κ3) is 2.21. The predicted octanol–water partition coefficient (Wildman–Crippen LogP) is 4.09. The van der Waals surface area contributed by atoms with Crippen molar-refractivity contribution in [2.75, 3.05) is 5.73 Å². The van der Waals surface area contributed by atoms with E-state index in [2.05, 4.69) is 31.9 Å². The molecule has 0 saturated heterocycles. The molecule has 16 heavy (non-hydrogen) atoms. The number of hydrogen-bond acceptors (Lipinski definition) is 3. The molecule has 0 amide bonds. The lowest BCUT2D eigenvalue weighted by atomic mass is 10.1. The first-order valence-electron chi connectivity index (χ1n) is 4.42. The molecule has 0 spiro atoms. The summed E-state index contributed by atoms with van der Waals surface area (Å²) < 4.78 is 1.65. The fourth-order valence-corrected chi connectivity index (χ4v) is 3.17. The molecule has 0 saturated carbocycles. The molecule has 1 aromatic carbocycles. The number of carbonyl (C=O) groups excluding carboxylic acids is 1. The number of anilines is 1. The van der Waals surface area contributed by atoms with Gasteiger partial charge < -0.3 is 5.73 Å². The van der Waals surface area contributed by atoms with Gasteiger partial charge in [0.15, 0.2) is 0 Å². The highest BCUT2D eigenvalue weighted by Crippen LogP contribution is 2.28. The third-order valence-corrected chi connectivity index (χ3v) is 4.41. The number of nitrogens with two attached hydrogens (primary N) is 1. The molecule has 0 aliphatic heterocycles. The van der Waals surface area contributed by atoms with Crippen LogP contribution in [0.3, 0.4) is 0 Å². The van der Waals surface area contributed by atoms with Gasteiger partial charge in [0.2, 0.25) is 5.78 Å². The highest BCUT2D eigenvalue weighted by molar-refractivity contribution is 9.10. The molecule has 5 heteroatoms. The van der Waals surface area contributed by atoms with Crippen LogP contribution in [0.4, 0.5) is 5.69 Å². The fraction of sp³-hybridized carbons (Fsp3) is 0. The Morgan fingerprint density at radius 2 is 2.00 bits per heavy atom. The number of ketones is 1. The smallest absolute Gasteiger partial charge is 0.206 e. The molecule has 0 aliphatic carbocycles. The van der Waals surface area contributed by atoms with Crippen LogP contribution in [0.2, 0.25) is 0 Å². The Morgan fingerprint density at radius 1 is 1.25 bits per heavy atom. The van der Waals surface area contributed by atoms with Crippen molar-refractivity contribution < 1.29 is 4.79 Å². The van der Waals surface area contributed by atoms with Crippen molar-refractivity contribution >= 4 is 54.7 Å². The first-order chi connectivity index (χ1) is 7.59. The Hall–Kier alpha value is -0.650. The molecule has 0 radical (unpaired) electrons. The average molecular weight is 361 g/mol. The van der Waals surface area contributed by atoms with Crippen LogP contribution < -0.4 is 5.73 Å². The summed E-state index contributed by atoms with van der Waals surface area (Å²) in [5.41, 5.74) is 6.81. The number of rotatable bonds is 2. The molecule has 2 nitrogen and oxygen atoms in total. The zero-order chi connectivity index (χ0) is 11.7. The van der Waals surface area contributed by atoms with Crippen molar-refractivity contribution in [3.05, 3.63) is 49.0 Å². The second-order valence-corrected chi connectivity index (χ2v) is 5.84. The van der Waals surface area contributed by atoms with Crippen molar-refractivity contribution in [1.29, 1.82) is 0 Å². The van der Waals surface area contributed by atoms with Crippen molar-refractivity contribution in [2.45, 2.75) is 0 Å². The lowest BCUT2D eigenvalue weighted by Gasteiger charge is -2.04. The van der Waals surface area contributed by atoms with Crippen LogP contribution >= 0.6 is 43.2 Å². The van der Waals surface area contributed by atoms with E-state index >= 15 is 0 Å². The summed E-state index contributed by atoms with van der Waals surface area (Å²) in [4.78, 5) is 12.9. The van der Waals surface area contributed by atoms with Gasteiger partial charge in [0.1, 0.15) is 0 Å². The van der Waals surface area contributed by atoms with Crippen LogP contribution in [0, 0.1) is 0 Å². The van der Waals surface area contributed by atoms with E-state index in [0.717, 1.165) is 8.95 Å². The molecule has 2 rings (SSSR count). The maximum Gasteiger partial charge on any atom is 0.206 e. The summed E-state index contributed by atoms with van der Waals surface area (Å²) in [5.74, 6) is -0.0549. The summed E-state index contributed by atoms with van der Waals surface area (Å²) >= 11 is 8.07. The number of thiophene rings is 1. The Bertz CT molecular complexity index is 551. The number of nitrogen functional groups attached to an aromatic ring is 1. The molecule has 0 unspecified atom stereocenters. The fourth-order valence-electron chi connectivity index (χ4n) is 1.30. The van der Waals surface area contributed by atoms with Crippen LogP contribution in [-0.2, 0) is 0 Å². The lowest BCUT2D eigenvalue weighted by Crippen LogP contribution is -2.04. The van der Waals surface area contributed by atoms with E-state index in [1.165, 1.54) is 11.3 Å². The number of hydrogen-bond donors (Lipinski definition) is 1. The first-order valence-corrected chi connectivity index (χ1v) is 6.89. The van der Waals surface area contributed by atoms with Gasteiger partial charge in [-0.25, -0.2) is 0 Å². The molecular weight excluding hydrogens is 354 g/mol. The molecule has 1 aromatic heterocycles. The molecular formula is C11H7Br2NOS. The molecule has 1 heterocycles. The zero-order valence-corrected chi connectivity index (χ0v) is 12.0. The standard InChI is InChI=1S/C11H7Br2NOS/c12-6-1-2-9(14)7(5-6)10(15)11-8(13)3-4-16-11/h1-5H,14H2. The van der Waals surface area contributed by atoms with Crippen LogP contribution in [0.1, 0.15) is 15.2 Å². The minimum atomic E-state index is -0.0549. The van der Waals surface area contributed by atoms with E-state index in [9.17, 15) is 4.79 Å². The normalized spacial score (nSPS) is 10.4. The molecule has 2 N–H and O–H groups in total. The van der Waals surface area contributed by atoms with Crippen LogP contribution in [0.15, 0.2) is 38.6 Å². The van der Waals surface area contributed by atoms with E-state index in [0.29, 0.717) is 16.1 Å². The van der Waals surface area contributed by atoms with Gasteiger partial charge in [-0.2, -0.15) is 0 Å². The van der Waals surface area contributed by atoms with Crippen molar-refractivity contribution in [1.82, 2.24) is 0 Å². The summed E-state index contributed by atoms with van der Waals surface area (Å²) in [6, 6.07) is 7.13. The SMILES string of the molecule is Nc1ccc(Br)cc1C(=O)c1sccc1Br. The van der Waals surface area contributed by atoms with Gasteiger partial charge in [0.25, 0.3) is 0 Å². The number of carbonyl (C=O) groups is 1. The van der Waals surface area contributed by atoms with E-state index in [1.54, 1.807) is 12.1 Å². The topological polar surface area (TPSA) is 43.1 Å².